The number of hydrogen-bond donors (Lipinski definition) is 0. The van der Waals surface area contributed by atoms with Gasteiger partial charge in [-0.05, 0) is 120 Å². The number of nitrogens with zero attached hydrogens (tertiary/aromatic N) is 10. The van der Waals surface area contributed by atoms with Gasteiger partial charge in [-0.15, -0.1) is 11.3 Å². The van der Waals surface area contributed by atoms with Crippen molar-refractivity contribution in [1.29, 1.82) is 0 Å². The van der Waals surface area contributed by atoms with E-state index in [1.165, 1.54) is 72.4 Å². The van der Waals surface area contributed by atoms with Crippen LogP contribution in [0.25, 0.3) is 193 Å². The van der Waals surface area contributed by atoms with Crippen LogP contribution in [0.2, 0.25) is 0 Å². The highest BCUT2D eigenvalue weighted by atomic mass is 32.1. The van der Waals surface area contributed by atoms with Crippen molar-refractivity contribution in [3.05, 3.63) is 498 Å². The highest BCUT2D eigenvalue weighted by molar-refractivity contribution is 7.27. The Morgan fingerprint density at radius 2 is 0.514 bits per heavy atom. The van der Waals surface area contributed by atoms with Crippen LogP contribution in [-0.2, 0) is 0 Å². The third-order valence-corrected chi connectivity index (χ3v) is 38.3. The van der Waals surface area contributed by atoms with Gasteiger partial charge in [0.2, 0.25) is 17.8 Å². The lowest BCUT2D eigenvalue weighted by atomic mass is 10.1. The number of thiophene rings is 1. The van der Waals surface area contributed by atoms with Crippen molar-refractivity contribution >= 4 is 198 Å². The fraction of sp³-hybridized carbons (Fsp3) is 0. The third kappa shape index (κ3) is 13.8. The molecule has 140 heavy (non-hydrogen) atoms. The van der Waals surface area contributed by atoms with E-state index in [4.69, 9.17) is 43.7 Å². The van der Waals surface area contributed by atoms with Gasteiger partial charge in [0.25, 0.3) is 0 Å². The number of para-hydroxylation sites is 5. The number of fused-ring (bicyclic) bond motifs is 21. The molecule has 28 rings (SSSR count). The van der Waals surface area contributed by atoms with Crippen LogP contribution in [0.1, 0.15) is 0 Å². The van der Waals surface area contributed by atoms with Gasteiger partial charge in [-0.1, -0.05) is 406 Å². The van der Waals surface area contributed by atoms with E-state index in [0.29, 0.717) is 29.5 Å². The second kappa shape index (κ2) is 34.7. The largest absolute Gasteiger partial charge is 0.455 e. The van der Waals surface area contributed by atoms with Crippen molar-refractivity contribution in [3.8, 4) is 63.1 Å². The zero-order valence-electron chi connectivity index (χ0n) is 75.5. The number of furan rings is 2. The molecule has 15 heteroatoms. The maximum absolute atomic E-state index is 6.52. The Morgan fingerprint density at radius 3 is 0.914 bits per heavy atom. The van der Waals surface area contributed by atoms with Gasteiger partial charge < -0.3 is 8.83 Å². The van der Waals surface area contributed by atoms with Gasteiger partial charge >= 0.3 is 0 Å². The first-order valence-electron chi connectivity index (χ1n) is 47.1. The summed E-state index contributed by atoms with van der Waals surface area (Å²) in [6.07, 6.45) is 3.78. The zero-order valence-corrected chi connectivity index (χ0v) is 78.4. The molecule has 28 aromatic rings. The van der Waals surface area contributed by atoms with Gasteiger partial charge in [-0.25, -0.2) is 24.9 Å². The van der Waals surface area contributed by atoms with E-state index < -0.39 is 16.1 Å². The molecule has 9 aromatic heterocycles. The summed E-state index contributed by atoms with van der Waals surface area (Å²) in [5.41, 5.74) is 15.6. The maximum Gasteiger partial charge on any atom is 0.238 e. The van der Waals surface area contributed by atoms with Crippen molar-refractivity contribution in [1.82, 2.24) is 48.6 Å². The normalized spacial score (nSPS) is 11.9. The van der Waals surface area contributed by atoms with E-state index in [0.717, 1.165) is 132 Å². The smallest absolute Gasteiger partial charge is 0.238 e. The predicted molar refractivity (Wildman–Crippen MR) is 583 cm³/mol. The highest BCUT2D eigenvalue weighted by Gasteiger charge is 2.43. The molecule has 0 fully saturated rings. The summed E-state index contributed by atoms with van der Waals surface area (Å²) in [4.78, 5) is 35.3. The molecule has 0 aliphatic rings. The van der Waals surface area contributed by atoms with E-state index in [1.54, 1.807) is 0 Å². The summed E-state index contributed by atoms with van der Waals surface area (Å²) in [5, 5.41) is 24.5. The van der Waals surface area contributed by atoms with Gasteiger partial charge in [0.1, 0.15) is 22.3 Å². The molecule has 0 aliphatic carbocycles. The van der Waals surface area contributed by atoms with Crippen LogP contribution in [0.5, 0.6) is 0 Å². The van der Waals surface area contributed by atoms with Crippen molar-refractivity contribution < 1.29 is 8.83 Å². The Hall–Kier alpha value is -18.0. The topological polar surface area (TPSA) is 131 Å². The standard InChI is InChI=1S/C46H31N3OSi.C46H31N3SSi.C33H20N4O/c2*1-4-16-33(17-5-1)51(34-18-6-2-7-19-34,35-20-8-3-9-21-35)36-22-14-15-32(31-36)40-29-30-47-46(48-40)49-41-25-12-10-24-39(41)44-42(49)28-27-38-37-23-11-13-26-43(37)50-45(38)44;1-3-11-21(12-4-1)31-34-32(22-13-5-2-6-14-22)36-33(35-31)37-26-17-9-7-16-25(26)29-27(37)20-19-24-23-15-8-10-18-28(23)38-30(24)29/h2*1-31H;1-20H. The molecule has 0 radical (unpaired) electrons. The average Bonchev–Trinajstić information content (AvgIpc) is 1.58. The minimum absolute atomic E-state index is 0.569. The second-order valence-electron chi connectivity index (χ2n) is 35.2. The van der Waals surface area contributed by atoms with Crippen LogP contribution in [-0.4, -0.2) is 64.7 Å². The minimum Gasteiger partial charge on any atom is -0.455 e. The number of rotatable bonds is 15. The zero-order chi connectivity index (χ0) is 92.6. The molecule has 0 amide bonds. The quantitative estimate of drug-likeness (QED) is 0.0727. The second-order valence-corrected chi connectivity index (χ2v) is 43.9. The van der Waals surface area contributed by atoms with Gasteiger partial charge in [0.15, 0.2) is 27.8 Å². The Kier molecular flexibility index (Phi) is 20.5. The molecule has 0 atom stereocenters. The molecular weight excluding hydrogens is 1760 g/mol. The lowest BCUT2D eigenvalue weighted by Gasteiger charge is -2.34. The van der Waals surface area contributed by atoms with E-state index in [2.05, 4.69) is 390 Å². The van der Waals surface area contributed by atoms with E-state index >= 15 is 0 Å². The van der Waals surface area contributed by atoms with Crippen LogP contribution in [0.15, 0.2) is 507 Å². The predicted octanol–water partition coefficient (Wildman–Crippen LogP) is 25.7. The number of benzene rings is 19. The molecule has 0 unspecified atom stereocenters. The summed E-state index contributed by atoms with van der Waals surface area (Å²) >= 11 is 1.86. The molecule has 0 N–H and O–H groups in total. The average molecular weight is 1840 g/mol. The van der Waals surface area contributed by atoms with Crippen molar-refractivity contribution in [3.63, 3.8) is 0 Å². The Morgan fingerprint density at radius 1 is 0.207 bits per heavy atom. The molecule has 9 heterocycles. The van der Waals surface area contributed by atoms with Crippen LogP contribution in [0.4, 0.5) is 0 Å². The van der Waals surface area contributed by atoms with E-state index in [1.807, 2.05) is 133 Å². The molecule has 12 nitrogen and oxygen atoms in total. The summed E-state index contributed by atoms with van der Waals surface area (Å²) in [6, 6.07) is 172. The molecule has 0 saturated carbocycles. The van der Waals surface area contributed by atoms with Crippen molar-refractivity contribution in [2.24, 2.45) is 0 Å². The number of aromatic nitrogens is 10. The van der Waals surface area contributed by atoms with Gasteiger partial charge in [-0.2, -0.15) is 9.97 Å². The Balaban J connectivity index is 0.000000109. The first-order valence-corrected chi connectivity index (χ1v) is 51.9. The molecule has 658 valence electrons. The lowest BCUT2D eigenvalue weighted by Crippen LogP contribution is -2.74. The fourth-order valence-corrected chi connectivity index (χ4v) is 32.3. The third-order valence-electron chi connectivity index (χ3n) is 27.5. The summed E-state index contributed by atoms with van der Waals surface area (Å²) in [5.74, 6) is 3.12. The van der Waals surface area contributed by atoms with Crippen LogP contribution in [0.3, 0.4) is 0 Å². The van der Waals surface area contributed by atoms with Crippen molar-refractivity contribution in [2.75, 3.05) is 0 Å². The van der Waals surface area contributed by atoms with Gasteiger partial charge in [0, 0.05) is 97.9 Å². The molecule has 0 spiro atoms. The van der Waals surface area contributed by atoms with E-state index in [9.17, 15) is 0 Å². The minimum atomic E-state index is -2.70. The highest BCUT2D eigenvalue weighted by Crippen LogP contribution is 2.46. The Labute approximate surface area is 810 Å². The molecule has 0 bridgehead atoms. The van der Waals surface area contributed by atoms with Crippen molar-refractivity contribution in [2.45, 2.75) is 0 Å². The molecule has 0 aliphatic heterocycles. The maximum atomic E-state index is 6.52. The van der Waals surface area contributed by atoms with Gasteiger partial charge in [0.05, 0.1) is 55.3 Å². The summed E-state index contributed by atoms with van der Waals surface area (Å²) < 4.78 is 22.1. The summed E-state index contributed by atoms with van der Waals surface area (Å²) in [7, 11) is -5.39. The summed E-state index contributed by atoms with van der Waals surface area (Å²) in [6.45, 7) is 0. The monoisotopic (exact) mass is 1840 g/mol. The van der Waals surface area contributed by atoms with Gasteiger partial charge in [-0.3, -0.25) is 13.7 Å². The first-order chi connectivity index (χ1) is 69.5. The first kappa shape index (κ1) is 82.7. The van der Waals surface area contributed by atoms with E-state index in [-0.39, 0.29) is 0 Å². The molecule has 0 saturated heterocycles. The SMILES string of the molecule is c1ccc(-c2nc(-c3ccccc3)nc(-n3c4ccccc4c4c5oc6ccccc6c5ccc43)n2)cc1.c1ccc([Si](c2ccccc2)(c2ccccc2)c2cccc(-c3ccnc(-n4c5ccccc5c5c6oc7ccccc7c6ccc54)n3)c2)cc1.c1ccc([Si](c2ccccc2)(c2ccccc2)c2cccc(-c3ccnc(-n4c5ccccc5c5c6sc7ccccc7c6ccc54)n3)c2)cc1. The lowest BCUT2D eigenvalue weighted by molar-refractivity contribution is 0.672. The fourth-order valence-electron chi connectivity index (χ4n) is 21.4. The Bertz CT molecular complexity index is 8950. The van der Waals surface area contributed by atoms with Crippen LogP contribution in [0, 0.1) is 0 Å². The number of hydrogen-bond acceptors (Lipinski definition) is 10. The van der Waals surface area contributed by atoms with Crippen LogP contribution < -0.4 is 41.5 Å². The molecular formula is C125H82N10O2SSi2. The molecule has 19 aromatic carbocycles. The van der Waals surface area contributed by atoms with Crippen LogP contribution >= 0.6 is 11.3 Å².